The molecule has 0 saturated carbocycles. The Morgan fingerprint density at radius 2 is 2.44 bits per heavy atom. The van der Waals surface area contributed by atoms with Gasteiger partial charge in [-0.3, -0.25) is 10.1 Å². The molecule has 18 heavy (non-hydrogen) atoms. The van der Waals surface area contributed by atoms with E-state index in [1.807, 2.05) is 13.0 Å². The van der Waals surface area contributed by atoms with E-state index in [4.69, 9.17) is 9.15 Å². The molecule has 100 valence electrons. The molecule has 1 aromatic rings. The van der Waals surface area contributed by atoms with Gasteiger partial charge in [0.15, 0.2) is 0 Å². The third kappa shape index (κ3) is 3.34. The maximum absolute atomic E-state index is 11.9. The molecule has 0 aliphatic carbocycles. The molecule has 1 aromatic heterocycles. The molecule has 2 N–H and O–H groups in total. The van der Waals surface area contributed by atoms with Crippen LogP contribution in [-0.4, -0.2) is 30.7 Å². The van der Waals surface area contributed by atoms with E-state index in [1.54, 1.807) is 12.3 Å². The van der Waals surface area contributed by atoms with E-state index in [-0.39, 0.29) is 17.5 Å². The van der Waals surface area contributed by atoms with Gasteiger partial charge in [0.25, 0.3) is 0 Å². The first-order valence-electron chi connectivity index (χ1n) is 6.25. The summed E-state index contributed by atoms with van der Waals surface area (Å²) in [5.74, 6) is 0.727. The van der Waals surface area contributed by atoms with Crippen LogP contribution >= 0.6 is 0 Å². The highest BCUT2D eigenvalue weighted by atomic mass is 16.5. The molecule has 2 atom stereocenters. The summed E-state index contributed by atoms with van der Waals surface area (Å²) in [5.41, 5.74) is -0.0958. The van der Waals surface area contributed by atoms with Crippen molar-refractivity contribution in [3.8, 4) is 0 Å². The molecule has 1 amide bonds. The highest BCUT2D eigenvalue weighted by molar-refractivity contribution is 5.81. The number of amides is 1. The van der Waals surface area contributed by atoms with Gasteiger partial charge in [-0.15, -0.1) is 0 Å². The van der Waals surface area contributed by atoms with Crippen molar-refractivity contribution < 1.29 is 13.9 Å². The van der Waals surface area contributed by atoms with Gasteiger partial charge < -0.3 is 14.5 Å². The molecule has 5 heteroatoms. The first-order chi connectivity index (χ1) is 8.59. The Kier molecular flexibility index (Phi) is 4.04. The Morgan fingerprint density at radius 1 is 1.61 bits per heavy atom. The Morgan fingerprint density at radius 3 is 3.06 bits per heavy atom. The van der Waals surface area contributed by atoms with Gasteiger partial charge in [-0.05, 0) is 32.4 Å². The molecule has 2 unspecified atom stereocenters. The summed E-state index contributed by atoms with van der Waals surface area (Å²) < 4.78 is 10.5. The molecule has 0 spiro atoms. The van der Waals surface area contributed by atoms with Crippen molar-refractivity contribution in [2.24, 2.45) is 0 Å². The molecule has 1 aliphatic rings. The number of carbonyl (C=O) groups excluding carboxylic acids is 1. The number of hydrogen-bond acceptors (Lipinski definition) is 4. The monoisotopic (exact) mass is 252 g/mol. The van der Waals surface area contributed by atoms with Gasteiger partial charge in [0.1, 0.15) is 5.76 Å². The van der Waals surface area contributed by atoms with E-state index >= 15 is 0 Å². The number of nitrogens with one attached hydrogen (secondary N) is 2. The van der Waals surface area contributed by atoms with Crippen molar-refractivity contribution in [1.29, 1.82) is 0 Å². The summed E-state index contributed by atoms with van der Waals surface area (Å²) in [5, 5.41) is 6.16. The minimum Gasteiger partial charge on any atom is -0.467 e. The zero-order chi connectivity index (χ0) is 13.0. The van der Waals surface area contributed by atoms with E-state index in [0.717, 1.165) is 18.8 Å². The number of ether oxygens (including phenoxy) is 1. The molecule has 2 rings (SSSR count). The minimum atomic E-state index is -0.244. The average Bonchev–Trinajstić information content (AvgIpc) is 2.97. The Hall–Kier alpha value is -1.33. The minimum absolute atomic E-state index is 0.0282. The molecule has 0 radical (unpaired) electrons. The molecule has 0 aromatic carbocycles. The second-order valence-corrected chi connectivity index (χ2v) is 5.03. The number of rotatable bonds is 5. The van der Waals surface area contributed by atoms with Crippen molar-refractivity contribution in [3.63, 3.8) is 0 Å². The van der Waals surface area contributed by atoms with Crippen LogP contribution in [0.5, 0.6) is 0 Å². The summed E-state index contributed by atoms with van der Waals surface area (Å²) >= 11 is 0. The second-order valence-electron chi connectivity index (χ2n) is 5.03. The first-order valence-corrected chi connectivity index (χ1v) is 6.25. The quantitative estimate of drug-likeness (QED) is 0.822. The lowest BCUT2D eigenvalue weighted by Crippen LogP contribution is -2.53. The fourth-order valence-corrected chi connectivity index (χ4v) is 2.11. The average molecular weight is 252 g/mol. The van der Waals surface area contributed by atoms with Crippen molar-refractivity contribution >= 4 is 5.91 Å². The zero-order valence-electron chi connectivity index (χ0n) is 10.9. The van der Waals surface area contributed by atoms with Crippen molar-refractivity contribution in [2.45, 2.75) is 38.4 Å². The Balaban J connectivity index is 1.77. The summed E-state index contributed by atoms with van der Waals surface area (Å²) in [4.78, 5) is 11.9. The van der Waals surface area contributed by atoms with Crippen LogP contribution in [0.3, 0.4) is 0 Å². The normalized spacial score (nSPS) is 25.0. The van der Waals surface area contributed by atoms with E-state index in [9.17, 15) is 4.79 Å². The summed E-state index contributed by atoms with van der Waals surface area (Å²) in [6, 6.07) is 3.40. The molecule has 1 aliphatic heterocycles. The topological polar surface area (TPSA) is 63.5 Å². The molecular formula is C13H20N2O3. The standard InChI is InChI=1S/C13H20N2O3/c1-10(15-13(2)5-7-17-9-13)12(16)14-8-11-4-3-6-18-11/h3-4,6,10,15H,5,7-9H2,1-2H3,(H,14,16). The van der Waals surface area contributed by atoms with Gasteiger partial charge in [-0.25, -0.2) is 0 Å². The molecule has 1 saturated heterocycles. The van der Waals surface area contributed by atoms with E-state index < -0.39 is 0 Å². The Labute approximate surface area is 107 Å². The van der Waals surface area contributed by atoms with Crippen molar-refractivity contribution in [1.82, 2.24) is 10.6 Å². The first kappa shape index (κ1) is 13.1. The lowest BCUT2D eigenvalue weighted by Gasteiger charge is -2.27. The van der Waals surface area contributed by atoms with Crippen LogP contribution in [0.4, 0.5) is 0 Å². The van der Waals surface area contributed by atoms with Crippen LogP contribution < -0.4 is 10.6 Å². The van der Waals surface area contributed by atoms with Crippen LogP contribution in [0, 0.1) is 0 Å². The third-order valence-corrected chi connectivity index (χ3v) is 3.19. The smallest absolute Gasteiger partial charge is 0.237 e. The number of carbonyl (C=O) groups is 1. The van der Waals surface area contributed by atoms with E-state index in [1.165, 1.54) is 0 Å². The van der Waals surface area contributed by atoms with Crippen LogP contribution in [-0.2, 0) is 16.1 Å². The summed E-state index contributed by atoms with van der Waals surface area (Å²) in [6.07, 6.45) is 2.53. The zero-order valence-corrected chi connectivity index (χ0v) is 10.9. The van der Waals surface area contributed by atoms with Crippen LogP contribution in [0.2, 0.25) is 0 Å². The second kappa shape index (κ2) is 5.54. The van der Waals surface area contributed by atoms with Crippen LogP contribution in [0.15, 0.2) is 22.8 Å². The van der Waals surface area contributed by atoms with Gasteiger partial charge in [0, 0.05) is 12.1 Å². The summed E-state index contributed by atoms with van der Waals surface area (Å²) in [6.45, 7) is 5.77. The van der Waals surface area contributed by atoms with Crippen molar-refractivity contribution in [3.05, 3.63) is 24.2 Å². The van der Waals surface area contributed by atoms with Gasteiger partial charge in [-0.2, -0.15) is 0 Å². The third-order valence-electron chi connectivity index (χ3n) is 3.19. The number of hydrogen-bond donors (Lipinski definition) is 2. The predicted molar refractivity (Wildman–Crippen MR) is 67.0 cm³/mol. The van der Waals surface area contributed by atoms with Gasteiger partial charge in [0.2, 0.25) is 5.91 Å². The fraction of sp³-hybridized carbons (Fsp3) is 0.615. The molecule has 5 nitrogen and oxygen atoms in total. The lowest BCUT2D eigenvalue weighted by molar-refractivity contribution is -0.123. The van der Waals surface area contributed by atoms with E-state index in [0.29, 0.717) is 13.2 Å². The van der Waals surface area contributed by atoms with Crippen LogP contribution in [0.25, 0.3) is 0 Å². The molecule has 2 heterocycles. The molecule has 1 fully saturated rings. The highest BCUT2D eigenvalue weighted by Crippen LogP contribution is 2.18. The highest BCUT2D eigenvalue weighted by Gasteiger charge is 2.32. The molecule has 0 bridgehead atoms. The summed E-state index contributed by atoms with van der Waals surface area (Å²) in [7, 11) is 0. The van der Waals surface area contributed by atoms with Gasteiger partial charge >= 0.3 is 0 Å². The maximum Gasteiger partial charge on any atom is 0.237 e. The van der Waals surface area contributed by atoms with Gasteiger partial charge in [0.05, 0.1) is 25.5 Å². The largest absolute Gasteiger partial charge is 0.467 e. The lowest BCUT2D eigenvalue weighted by atomic mass is 10.0. The van der Waals surface area contributed by atoms with Gasteiger partial charge in [-0.1, -0.05) is 0 Å². The molecular weight excluding hydrogens is 232 g/mol. The predicted octanol–water partition coefficient (Wildman–Crippen LogP) is 1.05. The van der Waals surface area contributed by atoms with Crippen LogP contribution in [0.1, 0.15) is 26.0 Å². The van der Waals surface area contributed by atoms with Crippen molar-refractivity contribution in [2.75, 3.05) is 13.2 Å². The SMILES string of the molecule is CC(NC1(C)CCOC1)C(=O)NCc1ccco1. The Bertz CT molecular complexity index is 383. The number of furan rings is 1. The maximum atomic E-state index is 11.9. The fourth-order valence-electron chi connectivity index (χ4n) is 2.11. The van der Waals surface area contributed by atoms with E-state index in [2.05, 4.69) is 17.6 Å².